The first-order valence-electron chi connectivity index (χ1n) is 5.70. The van der Waals surface area contributed by atoms with Crippen molar-refractivity contribution >= 4 is 23.2 Å². The maximum absolute atomic E-state index is 12.7. The second kappa shape index (κ2) is 5.69. The Morgan fingerprint density at radius 1 is 1.00 bits per heavy atom. The Balaban J connectivity index is 2.11. The van der Waals surface area contributed by atoms with Gasteiger partial charge in [0.15, 0.2) is 0 Å². The first-order chi connectivity index (χ1) is 8.65. The van der Waals surface area contributed by atoms with Crippen molar-refractivity contribution in [2.45, 2.75) is 6.92 Å². The molecule has 0 aliphatic heterocycles. The van der Waals surface area contributed by atoms with E-state index in [4.69, 9.17) is 12.2 Å². The van der Waals surface area contributed by atoms with Crippen molar-refractivity contribution in [1.82, 2.24) is 0 Å². The number of thiocarbonyl (C=S) groups is 1. The van der Waals surface area contributed by atoms with Gasteiger partial charge in [-0.3, -0.25) is 0 Å². The van der Waals surface area contributed by atoms with E-state index in [9.17, 15) is 4.39 Å². The molecule has 2 heteroatoms. The standard InChI is InChI=1S/C16H13FS/c1-12-2-7-14(8-3-12)16(18)11-6-13-4-9-15(17)10-5-13/h2-11H,1H3. The molecule has 18 heavy (non-hydrogen) atoms. The number of rotatable bonds is 3. The molecule has 0 aliphatic carbocycles. The third-order valence-corrected chi connectivity index (χ3v) is 3.01. The first kappa shape index (κ1) is 12.7. The van der Waals surface area contributed by atoms with Gasteiger partial charge >= 0.3 is 0 Å². The molecule has 0 aromatic heterocycles. The molecular formula is C16H13FS. The fraction of sp³-hybridized carbons (Fsp3) is 0.0625. The van der Waals surface area contributed by atoms with Crippen LogP contribution in [-0.4, -0.2) is 4.86 Å². The normalized spacial score (nSPS) is 10.8. The van der Waals surface area contributed by atoms with E-state index in [2.05, 4.69) is 0 Å². The summed E-state index contributed by atoms with van der Waals surface area (Å²) in [5, 5.41) is 0. The van der Waals surface area contributed by atoms with Crippen LogP contribution in [0.4, 0.5) is 4.39 Å². The molecule has 0 atom stereocenters. The van der Waals surface area contributed by atoms with E-state index in [0.29, 0.717) is 0 Å². The maximum Gasteiger partial charge on any atom is 0.123 e. The van der Waals surface area contributed by atoms with Gasteiger partial charge in [0.25, 0.3) is 0 Å². The Morgan fingerprint density at radius 3 is 2.22 bits per heavy atom. The van der Waals surface area contributed by atoms with Crippen molar-refractivity contribution in [3.05, 3.63) is 77.1 Å². The van der Waals surface area contributed by atoms with E-state index in [-0.39, 0.29) is 5.82 Å². The molecule has 0 amide bonds. The minimum Gasteiger partial charge on any atom is -0.207 e. The smallest absolute Gasteiger partial charge is 0.123 e. The highest BCUT2D eigenvalue weighted by atomic mass is 32.1. The Morgan fingerprint density at radius 2 is 1.61 bits per heavy atom. The summed E-state index contributed by atoms with van der Waals surface area (Å²) in [5.41, 5.74) is 3.17. The van der Waals surface area contributed by atoms with Crippen LogP contribution in [0.5, 0.6) is 0 Å². The minimum absolute atomic E-state index is 0.228. The molecule has 90 valence electrons. The average Bonchev–Trinajstić information content (AvgIpc) is 2.38. The lowest BCUT2D eigenvalue weighted by Gasteiger charge is -1.99. The van der Waals surface area contributed by atoms with Gasteiger partial charge in [-0.1, -0.05) is 60.3 Å². The lowest BCUT2D eigenvalue weighted by Crippen LogP contribution is -1.91. The van der Waals surface area contributed by atoms with E-state index in [0.717, 1.165) is 16.0 Å². The van der Waals surface area contributed by atoms with Crippen molar-refractivity contribution in [2.75, 3.05) is 0 Å². The largest absolute Gasteiger partial charge is 0.207 e. The van der Waals surface area contributed by atoms with E-state index in [1.54, 1.807) is 12.1 Å². The topological polar surface area (TPSA) is 0 Å². The molecule has 2 aromatic rings. The Bertz CT molecular complexity index is 565. The summed E-state index contributed by atoms with van der Waals surface area (Å²) in [4.78, 5) is 0.777. The summed E-state index contributed by atoms with van der Waals surface area (Å²) in [6, 6.07) is 14.4. The summed E-state index contributed by atoms with van der Waals surface area (Å²) >= 11 is 5.33. The SMILES string of the molecule is Cc1ccc(C(=S)C=Cc2ccc(F)cc2)cc1. The second-order valence-corrected chi connectivity index (χ2v) is 4.55. The molecule has 0 fully saturated rings. The van der Waals surface area contributed by atoms with E-state index in [1.807, 2.05) is 43.3 Å². The monoisotopic (exact) mass is 256 g/mol. The van der Waals surface area contributed by atoms with Crippen LogP contribution in [0.3, 0.4) is 0 Å². The van der Waals surface area contributed by atoms with Gasteiger partial charge in [0.05, 0.1) is 0 Å². The molecule has 0 aliphatic rings. The molecule has 0 heterocycles. The van der Waals surface area contributed by atoms with E-state index < -0.39 is 0 Å². The molecule has 2 rings (SSSR count). The van der Waals surface area contributed by atoms with Gasteiger partial charge in [-0.2, -0.15) is 0 Å². The molecule has 0 spiro atoms. The first-order valence-corrected chi connectivity index (χ1v) is 6.10. The molecule has 0 bridgehead atoms. The maximum atomic E-state index is 12.7. The Labute approximate surface area is 112 Å². The summed E-state index contributed by atoms with van der Waals surface area (Å²) < 4.78 is 12.7. The highest BCUT2D eigenvalue weighted by Crippen LogP contribution is 2.09. The quantitative estimate of drug-likeness (QED) is 0.440. The van der Waals surface area contributed by atoms with Gasteiger partial charge in [0.1, 0.15) is 5.82 Å². The molecule has 0 saturated heterocycles. The fourth-order valence-electron chi connectivity index (χ4n) is 1.56. The second-order valence-electron chi connectivity index (χ2n) is 4.12. The molecule has 2 aromatic carbocycles. The van der Waals surface area contributed by atoms with Crippen LogP contribution in [-0.2, 0) is 0 Å². The lowest BCUT2D eigenvalue weighted by molar-refractivity contribution is 0.628. The number of hydrogen-bond donors (Lipinski definition) is 0. The van der Waals surface area contributed by atoms with Crippen molar-refractivity contribution < 1.29 is 4.39 Å². The average molecular weight is 256 g/mol. The van der Waals surface area contributed by atoms with Crippen LogP contribution in [0.25, 0.3) is 6.08 Å². The van der Waals surface area contributed by atoms with Gasteiger partial charge in [-0.05, 0) is 36.3 Å². The molecule has 0 unspecified atom stereocenters. The highest BCUT2D eigenvalue weighted by molar-refractivity contribution is 7.81. The van der Waals surface area contributed by atoms with Crippen molar-refractivity contribution in [2.24, 2.45) is 0 Å². The summed E-state index contributed by atoms with van der Waals surface area (Å²) in [7, 11) is 0. The van der Waals surface area contributed by atoms with Crippen LogP contribution in [0.2, 0.25) is 0 Å². The number of benzene rings is 2. The van der Waals surface area contributed by atoms with E-state index in [1.165, 1.54) is 17.7 Å². The summed E-state index contributed by atoms with van der Waals surface area (Å²) in [6.45, 7) is 2.04. The van der Waals surface area contributed by atoms with E-state index >= 15 is 0 Å². The fourth-order valence-corrected chi connectivity index (χ4v) is 1.76. The Kier molecular flexibility index (Phi) is 4.00. The minimum atomic E-state index is -0.228. The van der Waals surface area contributed by atoms with Gasteiger partial charge in [-0.15, -0.1) is 0 Å². The highest BCUT2D eigenvalue weighted by Gasteiger charge is 1.96. The van der Waals surface area contributed by atoms with Crippen LogP contribution in [0, 0.1) is 12.7 Å². The Hall–Kier alpha value is -1.80. The molecular weight excluding hydrogens is 243 g/mol. The van der Waals surface area contributed by atoms with Crippen LogP contribution in [0.15, 0.2) is 54.6 Å². The van der Waals surface area contributed by atoms with Gasteiger partial charge in [-0.25, -0.2) is 4.39 Å². The van der Waals surface area contributed by atoms with Gasteiger partial charge in [0, 0.05) is 4.86 Å². The summed E-state index contributed by atoms with van der Waals surface area (Å²) in [5.74, 6) is -0.228. The van der Waals surface area contributed by atoms with Gasteiger partial charge < -0.3 is 0 Å². The predicted octanol–water partition coefficient (Wildman–Crippen LogP) is 4.57. The molecule has 0 saturated carbocycles. The third-order valence-electron chi connectivity index (χ3n) is 2.63. The van der Waals surface area contributed by atoms with Crippen molar-refractivity contribution in [3.63, 3.8) is 0 Å². The number of aryl methyl sites for hydroxylation is 1. The third kappa shape index (κ3) is 3.34. The van der Waals surface area contributed by atoms with Crippen LogP contribution < -0.4 is 0 Å². The lowest BCUT2D eigenvalue weighted by atomic mass is 10.1. The van der Waals surface area contributed by atoms with Crippen LogP contribution in [0.1, 0.15) is 16.7 Å². The zero-order valence-electron chi connectivity index (χ0n) is 10.1. The van der Waals surface area contributed by atoms with Crippen molar-refractivity contribution in [1.29, 1.82) is 0 Å². The van der Waals surface area contributed by atoms with Gasteiger partial charge in [0.2, 0.25) is 0 Å². The zero-order chi connectivity index (χ0) is 13.0. The predicted molar refractivity (Wildman–Crippen MR) is 78.3 cm³/mol. The summed E-state index contributed by atoms with van der Waals surface area (Å²) in [6.07, 6.45) is 3.76. The number of halogens is 1. The van der Waals surface area contributed by atoms with Crippen molar-refractivity contribution in [3.8, 4) is 0 Å². The molecule has 0 N–H and O–H groups in total. The van der Waals surface area contributed by atoms with Crippen LogP contribution >= 0.6 is 12.2 Å². The molecule has 0 nitrogen and oxygen atoms in total. The zero-order valence-corrected chi connectivity index (χ0v) is 10.9. The molecule has 0 radical (unpaired) electrons. The number of hydrogen-bond acceptors (Lipinski definition) is 1. The number of allylic oxidation sites excluding steroid dienone is 1.